The summed E-state index contributed by atoms with van der Waals surface area (Å²) in [5.74, 6) is 1.11. The van der Waals surface area contributed by atoms with Crippen LogP contribution in [-0.2, 0) is 6.18 Å². The monoisotopic (exact) mass is 350 g/mol. The standard InChI is InChI=1S/C18H17F3N2O2/c1-11-15-7-4-13(18(19,20)21)10-16(15)23-17(22-11)12-2-5-14(6-3-12)25-9-8-24/h2-7,10-11,24H,8-9H2,1H3,(H,22,23). The molecule has 1 atom stereocenters. The first-order chi connectivity index (χ1) is 11.9. The Morgan fingerprint density at radius 2 is 1.88 bits per heavy atom. The average Bonchev–Trinajstić information content (AvgIpc) is 2.59. The Kier molecular flexibility index (Phi) is 4.67. The minimum Gasteiger partial charge on any atom is -0.491 e. The van der Waals surface area contributed by atoms with Crippen LogP contribution >= 0.6 is 0 Å². The maximum atomic E-state index is 12.9. The molecule has 0 saturated carbocycles. The molecule has 1 heterocycles. The van der Waals surface area contributed by atoms with Gasteiger partial charge in [-0.25, -0.2) is 4.99 Å². The van der Waals surface area contributed by atoms with Gasteiger partial charge in [-0.15, -0.1) is 0 Å². The van der Waals surface area contributed by atoms with Crippen molar-refractivity contribution < 1.29 is 23.0 Å². The molecule has 0 aliphatic carbocycles. The predicted octanol–water partition coefficient (Wildman–Crippen LogP) is 3.82. The maximum Gasteiger partial charge on any atom is 0.416 e. The number of amidine groups is 1. The van der Waals surface area contributed by atoms with Crippen molar-refractivity contribution in [1.29, 1.82) is 0 Å². The normalized spacial score (nSPS) is 16.7. The van der Waals surface area contributed by atoms with E-state index in [0.717, 1.165) is 23.3 Å². The lowest BCUT2D eigenvalue weighted by Gasteiger charge is -2.25. The number of ether oxygens (including phenoxy) is 1. The van der Waals surface area contributed by atoms with E-state index in [1.54, 1.807) is 24.3 Å². The molecule has 7 heteroatoms. The third-order valence-corrected chi connectivity index (χ3v) is 3.90. The fourth-order valence-corrected chi connectivity index (χ4v) is 2.64. The summed E-state index contributed by atoms with van der Waals surface area (Å²) >= 11 is 0. The van der Waals surface area contributed by atoms with Crippen LogP contribution in [0.2, 0.25) is 0 Å². The van der Waals surface area contributed by atoms with E-state index < -0.39 is 11.7 Å². The van der Waals surface area contributed by atoms with Gasteiger partial charge in [0.25, 0.3) is 0 Å². The second kappa shape index (κ2) is 6.76. The first-order valence-corrected chi connectivity index (χ1v) is 7.79. The molecule has 1 unspecified atom stereocenters. The molecular weight excluding hydrogens is 333 g/mol. The number of alkyl halides is 3. The summed E-state index contributed by atoms with van der Waals surface area (Å²) in [4.78, 5) is 4.36. The number of aliphatic hydroxyl groups is 1. The van der Waals surface area contributed by atoms with Crippen molar-refractivity contribution in [3.8, 4) is 5.75 Å². The molecule has 3 rings (SSSR count). The lowest BCUT2D eigenvalue weighted by molar-refractivity contribution is -0.137. The number of halogens is 3. The van der Waals surface area contributed by atoms with Crippen LogP contribution < -0.4 is 10.1 Å². The van der Waals surface area contributed by atoms with Crippen LogP contribution in [0.4, 0.5) is 18.9 Å². The zero-order valence-corrected chi connectivity index (χ0v) is 13.5. The van der Waals surface area contributed by atoms with E-state index in [4.69, 9.17) is 9.84 Å². The van der Waals surface area contributed by atoms with E-state index >= 15 is 0 Å². The van der Waals surface area contributed by atoms with Gasteiger partial charge in [-0.2, -0.15) is 13.2 Å². The lowest BCUT2D eigenvalue weighted by Crippen LogP contribution is -2.30. The number of nitrogens with one attached hydrogen (secondary N) is 1. The highest BCUT2D eigenvalue weighted by Gasteiger charge is 2.32. The molecule has 2 aromatic carbocycles. The van der Waals surface area contributed by atoms with Gasteiger partial charge in [-0.1, -0.05) is 6.07 Å². The van der Waals surface area contributed by atoms with Gasteiger partial charge in [0, 0.05) is 5.56 Å². The first kappa shape index (κ1) is 17.3. The Balaban J connectivity index is 1.92. The maximum absolute atomic E-state index is 12.9. The Morgan fingerprint density at radius 1 is 1.16 bits per heavy atom. The number of hydrogen-bond donors (Lipinski definition) is 2. The van der Waals surface area contributed by atoms with Crippen LogP contribution in [0, 0.1) is 0 Å². The van der Waals surface area contributed by atoms with E-state index in [1.165, 1.54) is 6.07 Å². The van der Waals surface area contributed by atoms with E-state index in [1.807, 2.05) is 6.92 Å². The molecule has 0 radical (unpaired) electrons. The molecule has 4 nitrogen and oxygen atoms in total. The molecule has 0 amide bonds. The fourth-order valence-electron chi connectivity index (χ4n) is 2.64. The highest BCUT2D eigenvalue weighted by atomic mass is 19.4. The number of fused-ring (bicyclic) bond motifs is 1. The van der Waals surface area contributed by atoms with Gasteiger partial charge >= 0.3 is 6.18 Å². The van der Waals surface area contributed by atoms with E-state index in [9.17, 15) is 13.2 Å². The van der Waals surface area contributed by atoms with Gasteiger partial charge in [0.1, 0.15) is 18.2 Å². The van der Waals surface area contributed by atoms with Crippen LogP contribution in [0.3, 0.4) is 0 Å². The highest BCUT2D eigenvalue weighted by Crippen LogP contribution is 2.37. The van der Waals surface area contributed by atoms with Gasteiger partial charge < -0.3 is 15.2 Å². The van der Waals surface area contributed by atoms with Crippen molar-refractivity contribution in [2.45, 2.75) is 19.1 Å². The average molecular weight is 350 g/mol. The zero-order valence-electron chi connectivity index (χ0n) is 13.5. The molecule has 1 aliphatic rings. The first-order valence-electron chi connectivity index (χ1n) is 7.79. The summed E-state index contributed by atoms with van der Waals surface area (Å²) in [6.45, 7) is 1.99. The topological polar surface area (TPSA) is 53.8 Å². The fraction of sp³-hybridized carbons (Fsp3) is 0.278. The summed E-state index contributed by atoms with van der Waals surface area (Å²) in [6.07, 6.45) is -4.40. The molecule has 25 heavy (non-hydrogen) atoms. The van der Waals surface area contributed by atoms with E-state index in [2.05, 4.69) is 10.3 Å². The van der Waals surface area contributed by atoms with Gasteiger partial charge in [-0.3, -0.25) is 0 Å². The minimum atomic E-state index is -4.40. The van der Waals surface area contributed by atoms with Gasteiger partial charge in [0.15, 0.2) is 0 Å². The molecule has 0 aromatic heterocycles. The second-order valence-corrected chi connectivity index (χ2v) is 5.69. The van der Waals surface area contributed by atoms with Crippen LogP contribution in [0.1, 0.15) is 29.7 Å². The van der Waals surface area contributed by atoms with Crippen LogP contribution in [0.25, 0.3) is 0 Å². The molecule has 2 N–H and O–H groups in total. The van der Waals surface area contributed by atoms with E-state index in [-0.39, 0.29) is 19.3 Å². The quantitative estimate of drug-likeness (QED) is 0.881. The summed E-state index contributed by atoms with van der Waals surface area (Å²) < 4.78 is 44.1. The number of nitrogens with zero attached hydrogens (tertiary/aromatic N) is 1. The molecule has 0 bridgehead atoms. The predicted molar refractivity (Wildman–Crippen MR) is 88.2 cm³/mol. The van der Waals surface area contributed by atoms with E-state index in [0.29, 0.717) is 17.3 Å². The van der Waals surface area contributed by atoms with Crippen LogP contribution in [0.15, 0.2) is 47.5 Å². The number of rotatable bonds is 4. The molecule has 1 aliphatic heterocycles. The Morgan fingerprint density at radius 3 is 2.52 bits per heavy atom. The van der Waals surface area contributed by atoms with Gasteiger partial charge in [0.05, 0.1) is 23.9 Å². The summed E-state index contributed by atoms with van der Waals surface area (Å²) in [5, 5.41) is 12.0. The largest absolute Gasteiger partial charge is 0.491 e. The number of hydrogen-bond acceptors (Lipinski definition) is 4. The molecule has 132 valence electrons. The lowest BCUT2D eigenvalue weighted by atomic mass is 10.0. The third-order valence-electron chi connectivity index (χ3n) is 3.90. The molecular formula is C18H17F3N2O2. The summed E-state index contributed by atoms with van der Waals surface area (Å²) in [7, 11) is 0. The molecule has 0 spiro atoms. The van der Waals surface area contributed by atoms with Gasteiger partial charge in [-0.05, 0) is 48.9 Å². The molecule has 0 fully saturated rings. The van der Waals surface area contributed by atoms with Crippen LogP contribution in [0.5, 0.6) is 5.75 Å². The second-order valence-electron chi connectivity index (χ2n) is 5.69. The molecule has 2 aromatic rings. The highest BCUT2D eigenvalue weighted by molar-refractivity contribution is 6.01. The Hall–Kier alpha value is -2.54. The summed E-state index contributed by atoms with van der Waals surface area (Å²) in [6, 6.07) is 10.4. The molecule has 0 saturated heterocycles. The summed E-state index contributed by atoms with van der Waals surface area (Å²) in [5.41, 5.74) is 1.07. The zero-order chi connectivity index (χ0) is 18.0. The SMILES string of the molecule is CC1NC(c2ccc(OCCO)cc2)=Nc2cc(C(F)(F)F)ccc21. The van der Waals surface area contributed by atoms with Crippen molar-refractivity contribution in [2.24, 2.45) is 4.99 Å². The van der Waals surface area contributed by atoms with Crippen LogP contribution in [-0.4, -0.2) is 24.2 Å². The Bertz CT molecular complexity index is 786. The number of aliphatic hydroxyl groups excluding tert-OH is 1. The van der Waals surface area contributed by atoms with Crippen molar-refractivity contribution in [3.05, 3.63) is 59.2 Å². The minimum absolute atomic E-state index is 0.0775. The van der Waals surface area contributed by atoms with Crippen molar-refractivity contribution in [3.63, 3.8) is 0 Å². The number of benzene rings is 2. The number of aliphatic imine (C=N–C) groups is 1. The smallest absolute Gasteiger partial charge is 0.416 e. The van der Waals surface area contributed by atoms with Crippen molar-refractivity contribution in [1.82, 2.24) is 5.32 Å². The van der Waals surface area contributed by atoms with Gasteiger partial charge in [0.2, 0.25) is 0 Å². The Labute approximate surface area is 143 Å². The van der Waals surface area contributed by atoms with Crippen molar-refractivity contribution >= 4 is 11.5 Å². The third kappa shape index (κ3) is 3.76. The van der Waals surface area contributed by atoms with Crippen molar-refractivity contribution in [2.75, 3.05) is 13.2 Å².